The minimum Gasteiger partial charge on any atom is -0.484 e. The highest BCUT2D eigenvalue weighted by molar-refractivity contribution is 5.93. The van der Waals surface area contributed by atoms with Gasteiger partial charge < -0.3 is 10.1 Å². The second kappa shape index (κ2) is 6.44. The van der Waals surface area contributed by atoms with Gasteiger partial charge in [0.2, 0.25) is 0 Å². The molecule has 0 bridgehead atoms. The molecule has 21 heavy (non-hydrogen) atoms. The molecule has 1 amide bonds. The predicted octanol–water partition coefficient (Wildman–Crippen LogP) is 3.94. The lowest BCUT2D eigenvalue weighted by Crippen LogP contribution is -2.21. The average Bonchev–Trinajstić information content (AvgIpc) is 2.40. The Hall–Kier alpha value is -2.29. The van der Waals surface area contributed by atoms with Crippen LogP contribution in [0.2, 0.25) is 0 Å². The van der Waals surface area contributed by atoms with Crippen LogP contribution >= 0.6 is 0 Å². The van der Waals surface area contributed by atoms with Crippen molar-refractivity contribution >= 4 is 11.6 Å². The second-order valence-electron chi connectivity index (χ2n) is 5.43. The van der Waals surface area contributed by atoms with Gasteiger partial charge in [0.25, 0.3) is 5.91 Å². The fourth-order valence-corrected chi connectivity index (χ4v) is 2.35. The second-order valence-corrected chi connectivity index (χ2v) is 5.43. The van der Waals surface area contributed by atoms with Crippen molar-refractivity contribution in [1.29, 1.82) is 0 Å². The number of nitrogens with one attached hydrogen (secondary N) is 1. The Morgan fingerprint density at radius 3 is 2.14 bits per heavy atom. The third-order valence-corrected chi connectivity index (χ3v) is 3.31. The van der Waals surface area contributed by atoms with Crippen LogP contribution in [-0.4, -0.2) is 12.5 Å². The molecule has 0 saturated carbocycles. The van der Waals surface area contributed by atoms with Gasteiger partial charge in [-0.15, -0.1) is 0 Å². The van der Waals surface area contributed by atoms with Gasteiger partial charge in [-0.3, -0.25) is 4.79 Å². The summed E-state index contributed by atoms with van der Waals surface area (Å²) in [6.07, 6.45) is 0. The first-order chi connectivity index (χ1) is 9.95. The standard InChI is InChI=1S/C18H21NO2/c1-12-8-13(2)10-16(9-12)21-11-17(20)19-18-14(3)6-5-7-15(18)4/h5-10H,11H2,1-4H3,(H,19,20). The number of rotatable bonds is 4. The van der Waals surface area contributed by atoms with Gasteiger partial charge in [-0.05, 0) is 62.1 Å². The maximum absolute atomic E-state index is 12.0. The van der Waals surface area contributed by atoms with Crippen molar-refractivity contribution in [1.82, 2.24) is 0 Å². The van der Waals surface area contributed by atoms with Crippen molar-refractivity contribution in [3.05, 3.63) is 58.7 Å². The SMILES string of the molecule is Cc1cc(C)cc(OCC(=O)Nc2c(C)cccc2C)c1. The zero-order valence-corrected chi connectivity index (χ0v) is 13.0. The minimum absolute atomic E-state index is 0.0106. The van der Waals surface area contributed by atoms with Gasteiger partial charge in [-0.1, -0.05) is 24.3 Å². The molecular formula is C18H21NO2. The van der Waals surface area contributed by atoms with Crippen LogP contribution < -0.4 is 10.1 Å². The molecule has 0 spiro atoms. The molecule has 0 fully saturated rings. The Morgan fingerprint density at radius 2 is 1.57 bits per heavy atom. The Kier molecular flexibility index (Phi) is 4.63. The van der Waals surface area contributed by atoms with Gasteiger partial charge >= 0.3 is 0 Å². The molecule has 1 N–H and O–H groups in total. The van der Waals surface area contributed by atoms with Crippen molar-refractivity contribution in [3.8, 4) is 5.75 Å². The van der Waals surface area contributed by atoms with E-state index in [1.54, 1.807) is 0 Å². The predicted molar refractivity (Wildman–Crippen MR) is 86.0 cm³/mol. The number of carbonyl (C=O) groups is 1. The summed E-state index contributed by atoms with van der Waals surface area (Å²) in [6, 6.07) is 11.9. The van der Waals surface area contributed by atoms with Crippen molar-refractivity contribution in [2.45, 2.75) is 27.7 Å². The average molecular weight is 283 g/mol. The van der Waals surface area contributed by atoms with E-state index >= 15 is 0 Å². The number of carbonyl (C=O) groups excluding carboxylic acids is 1. The van der Waals surface area contributed by atoms with E-state index in [-0.39, 0.29) is 12.5 Å². The van der Waals surface area contributed by atoms with Crippen LogP contribution in [0.25, 0.3) is 0 Å². The topological polar surface area (TPSA) is 38.3 Å². The van der Waals surface area contributed by atoms with Crippen LogP contribution in [-0.2, 0) is 4.79 Å². The monoisotopic (exact) mass is 283 g/mol. The third-order valence-electron chi connectivity index (χ3n) is 3.31. The smallest absolute Gasteiger partial charge is 0.262 e. The Bertz CT molecular complexity index is 622. The van der Waals surface area contributed by atoms with E-state index < -0.39 is 0 Å². The van der Waals surface area contributed by atoms with Crippen molar-refractivity contribution in [2.24, 2.45) is 0 Å². The maximum atomic E-state index is 12.0. The first-order valence-corrected chi connectivity index (χ1v) is 7.03. The van der Waals surface area contributed by atoms with Crippen LogP contribution in [0, 0.1) is 27.7 Å². The fraction of sp³-hybridized carbons (Fsp3) is 0.278. The number of amides is 1. The molecule has 0 heterocycles. The first-order valence-electron chi connectivity index (χ1n) is 7.03. The van der Waals surface area contributed by atoms with E-state index in [1.165, 1.54) is 0 Å². The molecule has 2 rings (SSSR count). The molecule has 0 saturated heterocycles. The molecule has 110 valence electrons. The molecule has 0 aromatic heterocycles. The zero-order chi connectivity index (χ0) is 15.4. The summed E-state index contributed by atoms with van der Waals surface area (Å²) >= 11 is 0. The highest BCUT2D eigenvalue weighted by atomic mass is 16.5. The van der Waals surface area contributed by atoms with Crippen molar-refractivity contribution in [3.63, 3.8) is 0 Å². The lowest BCUT2D eigenvalue weighted by atomic mass is 10.1. The van der Waals surface area contributed by atoms with Gasteiger partial charge in [0.05, 0.1) is 0 Å². The fourth-order valence-electron chi connectivity index (χ4n) is 2.35. The van der Waals surface area contributed by atoms with Gasteiger partial charge in [0, 0.05) is 5.69 Å². The van der Waals surface area contributed by atoms with Crippen molar-refractivity contribution < 1.29 is 9.53 Å². The highest BCUT2D eigenvalue weighted by Crippen LogP contribution is 2.20. The van der Waals surface area contributed by atoms with E-state index in [0.717, 1.165) is 33.7 Å². The Balaban J connectivity index is 1.99. The number of para-hydroxylation sites is 1. The molecule has 3 heteroatoms. The maximum Gasteiger partial charge on any atom is 0.262 e. The molecule has 0 unspecified atom stereocenters. The number of ether oxygens (including phenoxy) is 1. The van der Waals surface area contributed by atoms with E-state index in [2.05, 4.69) is 11.4 Å². The number of aryl methyl sites for hydroxylation is 4. The van der Waals surface area contributed by atoms with Crippen LogP contribution in [0.1, 0.15) is 22.3 Å². The van der Waals surface area contributed by atoms with Crippen LogP contribution in [0.4, 0.5) is 5.69 Å². The molecule has 0 aliphatic carbocycles. The summed E-state index contributed by atoms with van der Waals surface area (Å²) in [4.78, 5) is 12.0. The molecule has 0 atom stereocenters. The minimum atomic E-state index is -0.147. The summed E-state index contributed by atoms with van der Waals surface area (Å²) in [7, 11) is 0. The molecule has 0 aliphatic heterocycles. The summed E-state index contributed by atoms with van der Waals surface area (Å²) in [5.74, 6) is 0.579. The van der Waals surface area contributed by atoms with E-state index in [4.69, 9.17) is 4.74 Å². The summed E-state index contributed by atoms with van der Waals surface area (Å²) < 4.78 is 5.57. The molecular weight excluding hydrogens is 262 g/mol. The van der Waals surface area contributed by atoms with Crippen molar-refractivity contribution in [2.75, 3.05) is 11.9 Å². The summed E-state index contributed by atoms with van der Waals surface area (Å²) in [6.45, 7) is 7.99. The van der Waals surface area contributed by atoms with Gasteiger partial charge in [0.15, 0.2) is 6.61 Å². The lowest BCUT2D eigenvalue weighted by Gasteiger charge is -2.12. The first kappa shape index (κ1) is 15.1. The molecule has 2 aromatic rings. The number of hydrogen-bond donors (Lipinski definition) is 1. The number of hydrogen-bond acceptors (Lipinski definition) is 2. The molecule has 0 aliphatic rings. The highest BCUT2D eigenvalue weighted by Gasteiger charge is 2.08. The van der Waals surface area contributed by atoms with E-state index in [9.17, 15) is 4.79 Å². The quantitative estimate of drug-likeness (QED) is 0.923. The van der Waals surface area contributed by atoms with Gasteiger partial charge in [-0.2, -0.15) is 0 Å². The van der Waals surface area contributed by atoms with Crippen LogP contribution in [0.3, 0.4) is 0 Å². The third kappa shape index (κ3) is 4.09. The van der Waals surface area contributed by atoms with E-state index in [1.807, 2.05) is 58.0 Å². The lowest BCUT2D eigenvalue weighted by molar-refractivity contribution is -0.118. The summed E-state index contributed by atoms with van der Waals surface area (Å²) in [5.41, 5.74) is 5.22. The van der Waals surface area contributed by atoms with Gasteiger partial charge in [0.1, 0.15) is 5.75 Å². The van der Waals surface area contributed by atoms with Gasteiger partial charge in [-0.25, -0.2) is 0 Å². The molecule has 3 nitrogen and oxygen atoms in total. The Labute approximate surface area is 126 Å². The molecule has 0 radical (unpaired) electrons. The van der Waals surface area contributed by atoms with Crippen LogP contribution in [0.5, 0.6) is 5.75 Å². The summed E-state index contributed by atoms with van der Waals surface area (Å²) in [5, 5.41) is 2.91. The molecule has 2 aromatic carbocycles. The van der Waals surface area contributed by atoms with Crippen LogP contribution in [0.15, 0.2) is 36.4 Å². The number of anilines is 1. The zero-order valence-electron chi connectivity index (χ0n) is 13.0. The Morgan fingerprint density at radius 1 is 1.00 bits per heavy atom. The largest absolute Gasteiger partial charge is 0.484 e. The normalized spacial score (nSPS) is 10.3. The number of benzene rings is 2. The van der Waals surface area contributed by atoms with E-state index in [0.29, 0.717) is 0 Å².